The van der Waals surface area contributed by atoms with E-state index in [9.17, 15) is 4.79 Å². The van der Waals surface area contributed by atoms with Crippen LogP contribution in [0.3, 0.4) is 0 Å². The molecule has 5 nitrogen and oxygen atoms in total. The van der Waals surface area contributed by atoms with Crippen LogP contribution in [0.4, 0.5) is 11.4 Å². The largest absolute Gasteiger partial charge is 0.462 e. The molecule has 2 rings (SSSR count). The van der Waals surface area contributed by atoms with Gasteiger partial charge in [0.15, 0.2) is 0 Å². The van der Waals surface area contributed by atoms with Crippen molar-refractivity contribution in [3.63, 3.8) is 0 Å². The minimum Gasteiger partial charge on any atom is -0.462 e. The zero-order valence-corrected chi connectivity index (χ0v) is 12.3. The molecule has 1 aromatic rings. The third-order valence-corrected chi connectivity index (χ3v) is 3.85. The van der Waals surface area contributed by atoms with Gasteiger partial charge in [-0.05, 0) is 32.0 Å². The molecule has 110 valence electrons. The highest BCUT2D eigenvalue weighted by atomic mass is 16.5. The van der Waals surface area contributed by atoms with Crippen LogP contribution in [-0.2, 0) is 4.74 Å². The Balaban J connectivity index is 2.08. The van der Waals surface area contributed by atoms with Crippen molar-refractivity contribution in [3.8, 4) is 0 Å². The number of hydrogen-bond donors (Lipinski definition) is 2. The first-order valence-electron chi connectivity index (χ1n) is 7.30. The maximum absolute atomic E-state index is 11.7. The minimum absolute atomic E-state index is 0.314. The number of rotatable bonds is 4. The average molecular weight is 278 g/mol. The minimum atomic E-state index is -0.314. The lowest BCUT2D eigenvalue weighted by molar-refractivity contribution is -0.898. The summed E-state index contributed by atoms with van der Waals surface area (Å²) in [5.41, 5.74) is 8.29. The van der Waals surface area contributed by atoms with Crippen molar-refractivity contribution in [3.05, 3.63) is 23.8 Å². The predicted molar refractivity (Wildman–Crippen MR) is 80.3 cm³/mol. The number of benzene rings is 1. The van der Waals surface area contributed by atoms with Crippen LogP contribution in [0.15, 0.2) is 18.2 Å². The van der Waals surface area contributed by atoms with Gasteiger partial charge in [-0.2, -0.15) is 0 Å². The van der Waals surface area contributed by atoms with E-state index in [4.69, 9.17) is 10.5 Å². The fourth-order valence-corrected chi connectivity index (χ4v) is 2.60. The van der Waals surface area contributed by atoms with E-state index in [0.29, 0.717) is 17.9 Å². The van der Waals surface area contributed by atoms with Gasteiger partial charge in [0.1, 0.15) is 0 Å². The van der Waals surface area contributed by atoms with Crippen molar-refractivity contribution >= 4 is 17.3 Å². The fourth-order valence-electron chi connectivity index (χ4n) is 2.60. The Morgan fingerprint density at radius 1 is 1.35 bits per heavy atom. The van der Waals surface area contributed by atoms with Gasteiger partial charge in [0.25, 0.3) is 0 Å². The second-order valence-electron chi connectivity index (χ2n) is 5.08. The Morgan fingerprint density at radius 2 is 2.05 bits per heavy atom. The molecule has 0 spiro atoms. The molecule has 0 atom stereocenters. The van der Waals surface area contributed by atoms with Crippen LogP contribution < -0.4 is 15.5 Å². The van der Waals surface area contributed by atoms with Crippen LogP contribution in [0, 0.1) is 0 Å². The standard InChI is InChI=1S/C15H23N3O2/c1-3-17-7-9-18(10-8-17)14-6-5-12(11-13(14)16)15(19)20-4-2/h5-6,11H,3-4,7-10,16H2,1-2H3/p+1. The first-order valence-corrected chi connectivity index (χ1v) is 7.30. The second-order valence-corrected chi connectivity index (χ2v) is 5.08. The van der Waals surface area contributed by atoms with Gasteiger partial charge in [-0.3, -0.25) is 0 Å². The second kappa shape index (κ2) is 6.61. The predicted octanol–water partition coefficient (Wildman–Crippen LogP) is 0.170. The van der Waals surface area contributed by atoms with Gasteiger partial charge in [0, 0.05) is 0 Å². The van der Waals surface area contributed by atoms with Crippen molar-refractivity contribution in [1.82, 2.24) is 0 Å². The number of nitrogens with two attached hydrogens (primary N) is 1. The van der Waals surface area contributed by atoms with Gasteiger partial charge in [-0.15, -0.1) is 0 Å². The number of carbonyl (C=O) groups excluding carboxylic acids is 1. The van der Waals surface area contributed by atoms with Gasteiger partial charge in [0.05, 0.1) is 56.3 Å². The third kappa shape index (κ3) is 3.22. The summed E-state index contributed by atoms with van der Waals surface area (Å²) in [7, 11) is 0. The SMILES string of the molecule is CCOC(=O)c1ccc(N2CC[NH+](CC)CC2)c(N)c1. The molecule has 0 aromatic heterocycles. The maximum Gasteiger partial charge on any atom is 0.338 e. The first kappa shape index (κ1) is 14.7. The van der Waals surface area contributed by atoms with E-state index in [2.05, 4.69) is 11.8 Å². The van der Waals surface area contributed by atoms with Gasteiger partial charge in [0.2, 0.25) is 0 Å². The van der Waals surface area contributed by atoms with E-state index in [-0.39, 0.29) is 5.97 Å². The summed E-state index contributed by atoms with van der Waals surface area (Å²) in [6.07, 6.45) is 0. The lowest BCUT2D eigenvalue weighted by atomic mass is 10.1. The molecule has 20 heavy (non-hydrogen) atoms. The van der Waals surface area contributed by atoms with Crippen LogP contribution in [-0.4, -0.2) is 45.3 Å². The molecule has 1 aliphatic heterocycles. The Bertz CT molecular complexity index is 468. The molecule has 1 heterocycles. The number of nitrogens with zero attached hydrogens (tertiary/aromatic N) is 1. The van der Waals surface area contributed by atoms with Crippen molar-refractivity contribution in [1.29, 1.82) is 0 Å². The lowest BCUT2D eigenvalue weighted by Gasteiger charge is -2.33. The lowest BCUT2D eigenvalue weighted by Crippen LogP contribution is -3.14. The van der Waals surface area contributed by atoms with E-state index in [1.807, 2.05) is 6.07 Å². The molecule has 5 heteroatoms. The topological polar surface area (TPSA) is 60.0 Å². The zero-order valence-electron chi connectivity index (χ0n) is 12.3. The fraction of sp³-hybridized carbons (Fsp3) is 0.533. The molecular weight excluding hydrogens is 254 g/mol. The van der Waals surface area contributed by atoms with Crippen molar-refractivity contribution in [2.75, 3.05) is 50.0 Å². The molecule has 0 amide bonds. The van der Waals surface area contributed by atoms with Gasteiger partial charge in [-0.25, -0.2) is 4.79 Å². The van der Waals surface area contributed by atoms with E-state index in [1.165, 1.54) is 6.54 Å². The van der Waals surface area contributed by atoms with Crippen LogP contribution in [0.5, 0.6) is 0 Å². The average Bonchev–Trinajstić information content (AvgIpc) is 2.47. The van der Waals surface area contributed by atoms with Gasteiger partial charge in [-0.1, -0.05) is 0 Å². The molecule has 1 fully saturated rings. The number of anilines is 2. The summed E-state index contributed by atoms with van der Waals surface area (Å²) in [5.74, 6) is -0.314. The summed E-state index contributed by atoms with van der Waals surface area (Å²) >= 11 is 0. The molecule has 1 saturated heterocycles. The Morgan fingerprint density at radius 3 is 2.60 bits per heavy atom. The number of carbonyl (C=O) groups is 1. The van der Waals surface area contributed by atoms with Gasteiger partial charge >= 0.3 is 5.97 Å². The number of likely N-dealkylation sites (N-methyl/N-ethyl adjacent to an activating group) is 1. The molecule has 0 unspecified atom stereocenters. The molecule has 1 aliphatic rings. The summed E-state index contributed by atoms with van der Waals surface area (Å²) in [6, 6.07) is 5.44. The smallest absolute Gasteiger partial charge is 0.338 e. The van der Waals surface area contributed by atoms with Crippen LogP contribution >= 0.6 is 0 Å². The summed E-state index contributed by atoms with van der Waals surface area (Å²) in [6.45, 7) is 9.84. The van der Waals surface area contributed by atoms with Crippen LogP contribution in [0.25, 0.3) is 0 Å². The number of nitrogens with one attached hydrogen (secondary N) is 1. The Hall–Kier alpha value is -1.75. The van der Waals surface area contributed by atoms with E-state index < -0.39 is 0 Å². The molecule has 0 radical (unpaired) electrons. The molecule has 0 bridgehead atoms. The normalized spacial score (nSPS) is 16.2. The zero-order chi connectivity index (χ0) is 14.5. The van der Waals surface area contributed by atoms with Crippen molar-refractivity contribution in [2.45, 2.75) is 13.8 Å². The highest BCUT2D eigenvalue weighted by molar-refractivity contribution is 5.92. The van der Waals surface area contributed by atoms with Gasteiger partial charge < -0.3 is 20.3 Å². The van der Waals surface area contributed by atoms with Crippen molar-refractivity contribution < 1.29 is 14.4 Å². The van der Waals surface area contributed by atoms with E-state index in [0.717, 1.165) is 31.9 Å². The molecular formula is C15H24N3O2+. The number of quaternary nitrogens is 1. The summed E-state index contributed by atoms with van der Waals surface area (Å²) in [4.78, 5) is 15.6. The summed E-state index contributed by atoms with van der Waals surface area (Å²) in [5, 5.41) is 0. The maximum atomic E-state index is 11.7. The number of ether oxygens (including phenoxy) is 1. The van der Waals surface area contributed by atoms with Crippen molar-refractivity contribution in [2.24, 2.45) is 0 Å². The monoisotopic (exact) mass is 278 g/mol. The highest BCUT2D eigenvalue weighted by Crippen LogP contribution is 2.24. The van der Waals surface area contributed by atoms with Crippen LogP contribution in [0.1, 0.15) is 24.2 Å². The number of esters is 1. The highest BCUT2D eigenvalue weighted by Gasteiger charge is 2.20. The van der Waals surface area contributed by atoms with E-state index in [1.54, 1.807) is 24.0 Å². The number of piperazine rings is 1. The molecule has 1 aromatic carbocycles. The number of hydrogen-bond acceptors (Lipinski definition) is 4. The summed E-state index contributed by atoms with van der Waals surface area (Å²) < 4.78 is 4.99. The molecule has 3 N–H and O–H groups in total. The molecule has 0 aliphatic carbocycles. The number of nitrogen functional groups attached to an aromatic ring is 1. The first-order chi connectivity index (χ1) is 9.65. The van der Waals surface area contributed by atoms with Crippen LogP contribution in [0.2, 0.25) is 0 Å². The Kier molecular flexibility index (Phi) is 4.84. The van der Waals surface area contributed by atoms with E-state index >= 15 is 0 Å². The molecule has 0 saturated carbocycles. The quantitative estimate of drug-likeness (QED) is 0.609. The Labute approximate surface area is 120 Å². The third-order valence-electron chi connectivity index (χ3n) is 3.85.